The lowest BCUT2D eigenvalue weighted by Gasteiger charge is -2.17. The maximum Gasteiger partial charge on any atom is 0.160 e. The molecule has 0 spiro atoms. The molecule has 2 nitrogen and oxygen atoms in total. The fourth-order valence-electron chi connectivity index (χ4n) is 9.23. The number of benzene rings is 10. The van der Waals surface area contributed by atoms with Crippen molar-refractivity contribution in [2.24, 2.45) is 0 Å². The van der Waals surface area contributed by atoms with Gasteiger partial charge in [0.15, 0.2) is 5.82 Å². The summed E-state index contributed by atoms with van der Waals surface area (Å²) in [6.07, 6.45) is 0. The summed E-state index contributed by atoms with van der Waals surface area (Å²) in [5.74, 6) is 0.718. The van der Waals surface area contributed by atoms with Gasteiger partial charge < -0.3 is 0 Å². The summed E-state index contributed by atoms with van der Waals surface area (Å²) in [5.41, 5.74) is 9.65. The third kappa shape index (κ3) is 5.19. The predicted molar refractivity (Wildman–Crippen MR) is 245 cm³/mol. The molecule has 1 heterocycles. The van der Waals surface area contributed by atoms with Gasteiger partial charge in [-0.15, -0.1) is 0 Å². The van der Waals surface area contributed by atoms with E-state index in [1.54, 1.807) is 0 Å². The number of rotatable bonds is 5. The molecule has 0 radical (unpaired) electrons. The van der Waals surface area contributed by atoms with Gasteiger partial charge in [0, 0.05) is 16.7 Å². The van der Waals surface area contributed by atoms with E-state index in [0.717, 1.165) is 39.5 Å². The summed E-state index contributed by atoms with van der Waals surface area (Å²) < 4.78 is 0. The highest BCUT2D eigenvalue weighted by atomic mass is 14.9. The zero-order valence-corrected chi connectivity index (χ0v) is 31.5. The van der Waals surface area contributed by atoms with Gasteiger partial charge in [-0.2, -0.15) is 0 Å². The minimum atomic E-state index is 0.718. The van der Waals surface area contributed by atoms with E-state index in [4.69, 9.17) is 9.97 Å². The Morgan fingerprint density at radius 2 is 0.655 bits per heavy atom. The molecular weight excluding hydrogens is 701 g/mol. The van der Waals surface area contributed by atoms with Crippen LogP contribution < -0.4 is 0 Å². The third-order valence-electron chi connectivity index (χ3n) is 12.0. The highest BCUT2D eigenvalue weighted by Crippen LogP contribution is 2.44. The Balaban J connectivity index is 1.01. The number of aromatic nitrogens is 2. The maximum absolute atomic E-state index is 5.06. The standard InChI is InChI=1S/C56H34N2/c1-3-11-36(12-4-1)50-34-51(58-56(57-50)41-13-5-2-6-14-41)37-25-23-35(24-26-37)42-18-7-19-43(31-42)45-32-44-30-29-40-16-9-21-47-46-20-8-15-38-27-28-39-17-10-22-48(54(39)52(38)46)49(33-45)55(44)53(40)47/h1-34H. The van der Waals surface area contributed by atoms with Crippen LogP contribution in [0.5, 0.6) is 0 Å². The number of nitrogens with zero attached hydrogens (tertiary/aromatic N) is 2. The van der Waals surface area contributed by atoms with E-state index < -0.39 is 0 Å². The molecule has 2 heteroatoms. The average Bonchev–Trinajstić information content (AvgIpc) is 3.30. The fourth-order valence-corrected chi connectivity index (χ4v) is 9.23. The van der Waals surface area contributed by atoms with Crippen LogP contribution in [0.15, 0.2) is 206 Å². The molecule has 0 N–H and O–H groups in total. The molecule has 0 aliphatic heterocycles. The smallest absolute Gasteiger partial charge is 0.160 e. The van der Waals surface area contributed by atoms with E-state index in [1.165, 1.54) is 81.3 Å². The Morgan fingerprint density at radius 1 is 0.224 bits per heavy atom. The second kappa shape index (κ2) is 12.9. The lowest BCUT2D eigenvalue weighted by atomic mass is 9.86. The second-order valence-electron chi connectivity index (χ2n) is 15.3. The summed E-state index contributed by atoms with van der Waals surface area (Å²) >= 11 is 0. The van der Waals surface area contributed by atoms with Crippen LogP contribution in [0.4, 0.5) is 0 Å². The van der Waals surface area contributed by atoms with Crippen LogP contribution in [-0.2, 0) is 0 Å². The fraction of sp³-hybridized carbons (Fsp3) is 0. The first kappa shape index (κ1) is 32.6. The van der Waals surface area contributed by atoms with Crippen LogP contribution in [0.3, 0.4) is 0 Å². The van der Waals surface area contributed by atoms with Crippen molar-refractivity contribution in [3.8, 4) is 56.2 Å². The van der Waals surface area contributed by atoms with Crippen molar-refractivity contribution in [1.82, 2.24) is 9.97 Å². The quantitative estimate of drug-likeness (QED) is 0.165. The highest BCUT2D eigenvalue weighted by Gasteiger charge is 2.17. The second-order valence-corrected chi connectivity index (χ2v) is 15.3. The molecule has 0 saturated heterocycles. The molecule has 0 saturated carbocycles. The van der Waals surface area contributed by atoms with Gasteiger partial charge in [-0.3, -0.25) is 0 Å². The van der Waals surface area contributed by atoms with E-state index in [0.29, 0.717) is 0 Å². The summed E-state index contributed by atoms with van der Waals surface area (Å²) in [7, 11) is 0. The van der Waals surface area contributed by atoms with Crippen molar-refractivity contribution in [3.63, 3.8) is 0 Å². The average molecular weight is 735 g/mol. The Hall–Kier alpha value is -7.68. The Bertz CT molecular complexity index is 3470. The largest absolute Gasteiger partial charge is 0.228 e. The molecule has 0 fully saturated rings. The van der Waals surface area contributed by atoms with E-state index in [9.17, 15) is 0 Å². The van der Waals surface area contributed by atoms with Gasteiger partial charge in [0.2, 0.25) is 0 Å². The van der Waals surface area contributed by atoms with Crippen molar-refractivity contribution in [2.45, 2.75) is 0 Å². The van der Waals surface area contributed by atoms with Crippen LogP contribution in [0, 0.1) is 0 Å². The number of fused-ring (bicyclic) bond motifs is 2. The molecule has 12 aromatic rings. The third-order valence-corrected chi connectivity index (χ3v) is 12.0. The highest BCUT2D eigenvalue weighted by molar-refractivity contribution is 6.37. The van der Waals surface area contributed by atoms with Crippen LogP contribution >= 0.6 is 0 Å². The molecule has 58 heavy (non-hydrogen) atoms. The van der Waals surface area contributed by atoms with Crippen molar-refractivity contribution >= 4 is 64.6 Å². The molecule has 0 atom stereocenters. The first-order valence-corrected chi connectivity index (χ1v) is 19.9. The van der Waals surface area contributed by atoms with Crippen molar-refractivity contribution in [1.29, 1.82) is 0 Å². The van der Waals surface area contributed by atoms with Crippen molar-refractivity contribution in [3.05, 3.63) is 206 Å². The minimum Gasteiger partial charge on any atom is -0.228 e. The van der Waals surface area contributed by atoms with Gasteiger partial charge in [0.05, 0.1) is 11.4 Å². The first-order valence-electron chi connectivity index (χ1n) is 19.9. The van der Waals surface area contributed by atoms with Crippen LogP contribution in [-0.4, -0.2) is 9.97 Å². The number of hydrogen-bond donors (Lipinski definition) is 0. The molecule has 1 aromatic heterocycles. The Labute approximate surface area is 335 Å². The molecule has 0 unspecified atom stereocenters. The SMILES string of the molecule is c1ccc(-c2cc(-c3ccc(-c4cccc(-c5cc6ccc7cccc8c9cccc%10ccc%11cccc(c(c5)c6c78)c%11c%109)c4)cc3)nc(-c3ccccc3)n2)cc1. The zero-order chi connectivity index (χ0) is 38.2. The Morgan fingerprint density at radius 3 is 1.24 bits per heavy atom. The van der Waals surface area contributed by atoms with Crippen LogP contribution in [0.25, 0.3) is 121 Å². The molecule has 0 bridgehead atoms. The topological polar surface area (TPSA) is 25.8 Å². The molecule has 0 amide bonds. The summed E-state index contributed by atoms with van der Waals surface area (Å²) in [5, 5.41) is 15.5. The van der Waals surface area contributed by atoms with E-state index >= 15 is 0 Å². The summed E-state index contributed by atoms with van der Waals surface area (Å²) in [6, 6.07) is 74.8. The zero-order valence-electron chi connectivity index (χ0n) is 31.5. The normalized spacial score (nSPS) is 11.8. The lowest BCUT2D eigenvalue weighted by molar-refractivity contribution is 1.18. The first-order chi connectivity index (χ1) is 28.7. The van der Waals surface area contributed by atoms with Gasteiger partial charge in [0.25, 0.3) is 0 Å². The van der Waals surface area contributed by atoms with E-state index in [2.05, 4.69) is 182 Å². The summed E-state index contributed by atoms with van der Waals surface area (Å²) in [6.45, 7) is 0. The van der Waals surface area contributed by atoms with Gasteiger partial charge in [0.1, 0.15) is 0 Å². The van der Waals surface area contributed by atoms with Crippen LogP contribution in [0.2, 0.25) is 0 Å². The predicted octanol–water partition coefficient (Wildman–Crippen LogP) is 15.2. The Kier molecular flexibility index (Phi) is 7.26. The van der Waals surface area contributed by atoms with Gasteiger partial charge in [-0.1, -0.05) is 182 Å². The molecule has 0 aliphatic carbocycles. The molecule has 12 rings (SSSR count). The van der Waals surface area contributed by atoms with Crippen LogP contribution in [0.1, 0.15) is 0 Å². The van der Waals surface area contributed by atoms with Gasteiger partial charge >= 0.3 is 0 Å². The van der Waals surface area contributed by atoms with Gasteiger partial charge in [-0.05, 0) is 111 Å². The molecule has 268 valence electrons. The van der Waals surface area contributed by atoms with E-state index in [1.807, 2.05) is 24.3 Å². The number of hydrogen-bond acceptors (Lipinski definition) is 2. The van der Waals surface area contributed by atoms with Crippen molar-refractivity contribution in [2.75, 3.05) is 0 Å². The maximum atomic E-state index is 5.06. The van der Waals surface area contributed by atoms with E-state index in [-0.39, 0.29) is 0 Å². The molecule has 0 aliphatic rings. The summed E-state index contributed by atoms with van der Waals surface area (Å²) in [4.78, 5) is 10.0. The molecular formula is C56H34N2. The lowest BCUT2D eigenvalue weighted by Crippen LogP contribution is -1.95. The minimum absolute atomic E-state index is 0.718. The van der Waals surface area contributed by atoms with Crippen molar-refractivity contribution < 1.29 is 0 Å². The molecule has 11 aromatic carbocycles. The monoisotopic (exact) mass is 734 g/mol. The van der Waals surface area contributed by atoms with Gasteiger partial charge in [-0.25, -0.2) is 9.97 Å².